The van der Waals surface area contributed by atoms with Gasteiger partial charge in [0.05, 0.1) is 23.1 Å². The third-order valence-electron chi connectivity index (χ3n) is 2.34. The highest BCUT2D eigenvalue weighted by Gasteiger charge is 2.03. The van der Waals surface area contributed by atoms with Crippen molar-refractivity contribution in [2.24, 2.45) is 0 Å². The van der Waals surface area contributed by atoms with Crippen LogP contribution in [0.15, 0.2) is 24.3 Å². The van der Waals surface area contributed by atoms with Crippen LogP contribution in [-0.4, -0.2) is 35.0 Å². The lowest BCUT2D eigenvalue weighted by Crippen LogP contribution is -2.27. The third kappa shape index (κ3) is 5.93. The van der Waals surface area contributed by atoms with Gasteiger partial charge in [0, 0.05) is 6.54 Å². The van der Waals surface area contributed by atoms with E-state index in [0.717, 1.165) is 5.56 Å². The van der Waals surface area contributed by atoms with Gasteiger partial charge in [-0.3, -0.25) is 4.79 Å². The van der Waals surface area contributed by atoms with E-state index in [9.17, 15) is 9.59 Å². The van der Waals surface area contributed by atoms with Crippen LogP contribution in [-0.2, 0) is 11.2 Å². The zero-order valence-corrected chi connectivity index (χ0v) is 11.1. The number of benzene rings is 1. The van der Waals surface area contributed by atoms with E-state index in [2.05, 4.69) is 5.32 Å². The van der Waals surface area contributed by atoms with Crippen molar-refractivity contribution in [3.05, 3.63) is 35.4 Å². The lowest BCUT2D eigenvalue weighted by atomic mass is 10.1. The summed E-state index contributed by atoms with van der Waals surface area (Å²) in [6, 6.07) is 8.51. The number of amides is 1. The van der Waals surface area contributed by atoms with Crippen molar-refractivity contribution in [3.8, 4) is 6.07 Å². The van der Waals surface area contributed by atoms with Gasteiger partial charge in [0.1, 0.15) is 0 Å². The molecule has 0 bridgehead atoms. The van der Waals surface area contributed by atoms with E-state index in [4.69, 9.17) is 10.4 Å². The summed E-state index contributed by atoms with van der Waals surface area (Å²) in [7, 11) is 0. The van der Waals surface area contributed by atoms with E-state index in [1.165, 1.54) is 11.8 Å². The van der Waals surface area contributed by atoms with Crippen molar-refractivity contribution in [2.75, 3.05) is 18.1 Å². The third-order valence-corrected chi connectivity index (χ3v) is 3.14. The molecule has 2 N–H and O–H groups in total. The van der Waals surface area contributed by atoms with E-state index in [1.807, 2.05) is 6.07 Å². The number of carboxylic acid groups (broad SMARTS) is 1. The second-order valence-corrected chi connectivity index (χ2v) is 4.74. The zero-order chi connectivity index (χ0) is 14.1. The van der Waals surface area contributed by atoms with Gasteiger partial charge in [-0.15, -0.1) is 11.8 Å². The Hall–Kier alpha value is -2.00. The van der Waals surface area contributed by atoms with Crippen LogP contribution in [0.1, 0.15) is 15.9 Å². The highest BCUT2D eigenvalue weighted by Crippen LogP contribution is 2.05. The number of nitrogens with one attached hydrogen (secondary N) is 1. The predicted molar refractivity (Wildman–Crippen MR) is 73.1 cm³/mol. The fourth-order valence-electron chi connectivity index (χ4n) is 1.40. The lowest BCUT2D eigenvalue weighted by Gasteiger charge is -2.05. The Kier molecular flexibility index (Phi) is 6.47. The van der Waals surface area contributed by atoms with Gasteiger partial charge < -0.3 is 10.4 Å². The van der Waals surface area contributed by atoms with Crippen LogP contribution in [0, 0.1) is 11.3 Å². The van der Waals surface area contributed by atoms with E-state index < -0.39 is 5.97 Å². The average molecular weight is 278 g/mol. The maximum Gasteiger partial charge on any atom is 0.335 e. The first-order valence-corrected chi connectivity index (χ1v) is 6.82. The molecule has 0 saturated carbocycles. The van der Waals surface area contributed by atoms with E-state index in [-0.39, 0.29) is 17.2 Å². The Morgan fingerprint density at radius 3 is 2.58 bits per heavy atom. The quantitative estimate of drug-likeness (QED) is 0.734. The van der Waals surface area contributed by atoms with E-state index >= 15 is 0 Å². The van der Waals surface area contributed by atoms with Crippen LogP contribution in [0.2, 0.25) is 0 Å². The summed E-state index contributed by atoms with van der Waals surface area (Å²) < 4.78 is 0. The molecule has 1 rings (SSSR count). The van der Waals surface area contributed by atoms with Crippen molar-refractivity contribution in [2.45, 2.75) is 6.42 Å². The molecule has 0 aliphatic heterocycles. The van der Waals surface area contributed by atoms with Gasteiger partial charge in [-0.1, -0.05) is 12.1 Å². The predicted octanol–water partition coefficient (Wildman–Crippen LogP) is 1.30. The first-order valence-electron chi connectivity index (χ1n) is 5.67. The van der Waals surface area contributed by atoms with Crippen molar-refractivity contribution < 1.29 is 14.7 Å². The maximum absolute atomic E-state index is 11.3. The molecule has 0 spiro atoms. The Labute approximate surface area is 115 Å². The Balaban J connectivity index is 2.27. The fraction of sp³-hybridized carbons (Fsp3) is 0.308. The summed E-state index contributed by atoms with van der Waals surface area (Å²) in [6.07, 6.45) is 0.647. The number of nitrogens with zero attached hydrogens (tertiary/aromatic N) is 1. The molecule has 0 atom stereocenters. The summed E-state index contributed by atoms with van der Waals surface area (Å²) in [4.78, 5) is 22.0. The van der Waals surface area contributed by atoms with Gasteiger partial charge in [0.2, 0.25) is 5.91 Å². The molecule has 1 aromatic rings. The number of hydrogen-bond acceptors (Lipinski definition) is 4. The minimum atomic E-state index is -0.950. The molecule has 0 radical (unpaired) electrons. The van der Waals surface area contributed by atoms with Crippen LogP contribution < -0.4 is 5.32 Å². The number of thioether (sulfide) groups is 1. The maximum atomic E-state index is 11.3. The standard InChI is InChI=1S/C13H14N2O3S/c14-6-8-19-9-12(16)15-7-5-10-1-3-11(4-2-10)13(17)18/h1-4H,5,7-9H2,(H,15,16)(H,17,18). The van der Waals surface area contributed by atoms with Gasteiger partial charge in [0.25, 0.3) is 0 Å². The minimum Gasteiger partial charge on any atom is -0.478 e. The Morgan fingerprint density at radius 1 is 1.32 bits per heavy atom. The zero-order valence-electron chi connectivity index (χ0n) is 10.3. The second kappa shape index (κ2) is 8.16. The molecular formula is C13H14N2O3S. The molecule has 19 heavy (non-hydrogen) atoms. The van der Waals surface area contributed by atoms with E-state index in [0.29, 0.717) is 18.7 Å². The van der Waals surface area contributed by atoms with Gasteiger partial charge in [-0.2, -0.15) is 5.26 Å². The summed E-state index contributed by atoms with van der Waals surface area (Å²) in [6.45, 7) is 0.498. The Morgan fingerprint density at radius 2 is 2.00 bits per heavy atom. The first kappa shape index (κ1) is 15.1. The molecular weight excluding hydrogens is 264 g/mol. The number of carboxylic acids is 1. The SMILES string of the molecule is N#CCSCC(=O)NCCc1ccc(C(=O)O)cc1. The summed E-state index contributed by atoms with van der Waals surface area (Å²) >= 11 is 1.27. The number of carbonyl (C=O) groups is 2. The molecule has 0 aromatic heterocycles. The molecule has 0 heterocycles. The van der Waals surface area contributed by atoms with Gasteiger partial charge in [-0.05, 0) is 24.1 Å². The molecule has 0 aliphatic rings. The highest BCUT2D eigenvalue weighted by atomic mass is 32.2. The second-order valence-electron chi connectivity index (χ2n) is 3.75. The number of nitriles is 1. The van der Waals surface area contributed by atoms with Crippen LogP contribution in [0.4, 0.5) is 0 Å². The summed E-state index contributed by atoms with van der Waals surface area (Å²) in [5, 5.41) is 19.8. The number of aromatic carboxylic acids is 1. The molecule has 5 nitrogen and oxygen atoms in total. The van der Waals surface area contributed by atoms with Gasteiger partial charge in [0.15, 0.2) is 0 Å². The average Bonchev–Trinajstić information content (AvgIpc) is 2.39. The molecule has 1 aromatic carbocycles. The van der Waals surface area contributed by atoms with Gasteiger partial charge >= 0.3 is 5.97 Å². The van der Waals surface area contributed by atoms with Crippen LogP contribution in [0.3, 0.4) is 0 Å². The summed E-state index contributed by atoms with van der Waals surface area (Å²) in [5.41, 5.74) is 1.22. The minimum absolute atomic E-state index is 0.0950. The molecule has 6 heteroatoms. The first-order chi connectivity index (χ1) is 9.13. The molecule has 100 valence electrons. The van der Waals surface area contributed by atoms with Crippen molar-refractivity contribution >= 4 is 23.6 Å². The van der Waals surface area contributed by atoms with Gasteiger partial charge in [-0.25, -0.2) is 4.79 Å². The largest absolute Gasteiger partial charge is 0.478 e. The smallest absolute Gasteiger partial charge is 0.335 e. The van der Waals surface area contributed by atoms with Crippen LogP contribution in [0.5, 0.6) is 0 Å². The fourth-order valence-corrected chi connectivity index (χ4v) is 1.88. The number of hydrogen-bond donors (Lipinski definition) is 2. The normalized spacial score (nSPS) is 9.63. The molecule has 0 unspecified atom stereocenters. The summed E-state index contributed by atoms with van der Waals surface area (Å²) in [5.74, 6) is -0.452. The topological polar surface area (TPSA) is 90.2 Å². The molecule has 0 aliphatic carbocycles. The molecule has 0 fully saturated rings. The number of carbonyl (C=O) groups excluding carboxylic acids is 1. The monoisotopic (exact) mass is 278 g/mol. The van der Waals surface area contributed by atoms with Crippen LogP contribution in [0.25, 0.3) is 0 Å². The van der Waals surface area contributed by atoms with Crippen LogP contribution >= 0.6 is 11.8 Å². The molecule has 0 saturated heterocycles. The molecule has 1 amide bonds. The van der Waals surface area contributed by atoms with Crippen molar-refractivity contribution in [1.29, 1.82) is 5.26 Å². The van der Waals surface area contributed by atoms with Crippen molar-refractivity contribution in [3.63, 3.8) is 0 Å². The highest BCUT2D eigenvalue weighted by molar-refractivity contribution is 8.00. The van der Waals surface area contributed by atoms with Crippen molar-refractivity contribution in [1.82, 2.24) is 5.32 Å². The lowest BCUT2D eigenvalue weighted by molar-refractivity contribution is -0.118. The number of rotatable bonds is 7. The van der Waals surface area contributed by atoms with E-state index in [1.54, 1.807) is 24.3 Å². The Bertz CT molecular complexity index is 480.